The first-order valence-electron chi connectivity index (χ1n) is 6.32. The van der Waals surface area contributed by atoms with Gasteiger partial charge >= 0.3 is 0 Å². The number of likely N-dealkylation sites (tertiary alicyclic amines) is 1. The fraction of sp³-hybridized carbons (Fsp3) is 0.917. The quantitative estimate of drug-likeness (QED) is 0.697. The zero-order valence-electron chi connectivity index (χ0n) is 10.5. The lowest BCUT2D eigenvalue weighted by molar-refractivity contribution is -0.118. The van der Waals surface area contributed by atoms with Crippen molar-refractivity contribution in [1.29, 1.82) is 0 Å². The van der Waals surface area contributed by atoms with Gasteiger partial charge in [-0.2, -0.15) is 0 Å². The molecule has 1 saturated heterocycles. The van der Waals surface area contributed by atoms with Crippen molar-refractivity contribution in [2.75, 3.05) is 26.2 Å². The Balaban J connectivity index is 2.21. The van der Waals surface area contributed by atoms with Crippen LogP contribution in [-0.2, 0) is 4.79 Å². The molecular formula is C12H25N3O. The minimum Gasteiger partial charge on any atom is -0.370 e. The molecule has 0 bridgehead atoms. The molecule has 0 radical (unpaired) electrons. The summed E-state index contributed by atoms with van der Waals surface area (Å²) in [6.07, 6.45) is 3.03. The summed E-state index contributed by atoms with van der Waals surface area (Å²) in [4.78, 5) is 13.1. The average molecular weight is 227 g/mol. The van der Waals surface area contributed by atoms with Crippen molar-refractivity contribution >= 4 is 5.91 Å². The molecule has 3 N–H and O–H groups in total. The van der Waals surface area contributed by atoms with Gasteiger partial charge in [0.25, 0.3) is 0 Å². The van der Waals surface area contributed by atoms with Crippen LogP contribution in [-0.4, -0.2) is 43.0 Å². The second-order valence-corrected chi connectivity index (χ2v) is 5.09. The van der Waals surface area contributed by atoms with Gasteiger partial charge in [-0.05, 0) is 31.8 Å². The van der Waals surface area contributed by atoms with E-state index in [0.717, 1.165) is 32.1 Å². The molecule has 1 rings (SSSR count). The molecule has 1 unspecified atom stereocenters. The number of nitrogens with one attached hydrogen (secondary N) is 1. The summed E-state index contributed by atoms with van der Waals surface area (Å²) in [5.74, 6) is 0.534. The number of nitrogens with two attached hydrogens (primary N) is 1. The Labute approximate surface area is 98.6 Å². The molecule has 1 fully saturated rings. The first-order valence-corrected chi connectivity index (χ1v) is 6.32. The number of amides is 1. The van der Waals surface area contributed by atoms with Gasteiger partial charge < -0.3 is 16.0 Å². The first kappa shape index (κ1) is 13.5. The topological polar surface area (TPSA) is 58.4 Å². The van der Waals surface area contributed by atoms with Crippen molar-refractivity contribution in [3.05, 3.63) is 0 Å². The fourth-order valence-corrected chi connectivity index (χ4v) is 2.19. The third-order valence-corrected chi connectivity index (χ3v) is 3.09. The Morgan fingerprint density at radius 3 is 2.94 bits per heavy atom. The van der Waals surface area contributed by atoms with Crippen molar-refractivity contribution in [3.8, 4) is 0 Å². The Kier molecular flexibility index (Phi) is 5.77. The van der Waals surface area contributed by atoms with E-state index in [4.69, 9.17) is 5.73 Å². The summed E-state index contributed by atoms with van der Waals surface area (Å²) in [7, 11) is 0. The lowest BCUT2D eigenvalue weighted by Gasteiger charge is -2.33. The van der Waals surface area contributed by atoms with E-state index in [1.807, 2.05) is 0 Å². The summed E-state index contributed by atoms with van der Waals surface area (Å²) in [5.41, 5.74) is 5.16. The van der Waals surface area contributed by atoms with Gasteiger partial charge in [-0.1, -0.05) is 13.8 Å². The molecule has 0 aromatic heterocycles. The van der Waals surface area contributed by atoms with E-state index >= 15 is 0 Å². The maximum Gasteiger partial charge on any atom is 0.218 e. The maximum absolute atomic E-state index is 10.7. The first-order chi connectivity index (χ1) is 7.58. The van der Waals surface area contributed by atoms with Gasteiger partial charge in [-0.3, -0.25) is 4.79 Å². The number of carbonyl (C=O) groups excluding carboxylic acids is 1. The number of primary amides is 1. The zero-order valence-corrected chi connectivity index (χ0v) is 10.5. The smallest absolute Gasteiger partial charge is 0.218 e. The number of piperidine rings is 1. The highest BCUT2D eigenvalue weighted by Gasteiger charge is 2.19. The van der Waals surface area contributed by atoms with Crippen molar-refractivity contribution < 1.29 is 4.79 Å². The van der Waals surface area contributed by atoms with Crippen LogP contribution in [0.5, 0.6) is 0 Å². The van der Waals surface area contributed by atoms with E-state index in [0.29, 0.717) is 12.5 Å². The standard InChI is InChI=1S/C12H25N3O/c1-10(2)14-8-11-4-3-6-15(9-11)7-5-12(13)16/h10-11,14H,3-9H2,1-2H3,(H2,13,16). The van der Waals surface area contributed by atoms with Gasteiger partial charge in [-0.25, -0.2) is 0 Å². The lowest BCUT2D eigenvalue weighted by Crippen LogP contribution is -2.41. The van der Waals surface area contributed by atoms with Gasteiger partial charge in [0, 0.05) is 25.6 Å². The van der Waals surface area contributed by atoms with Crippen LogP contribution >= 0.6 is 0 Å². The molecule has 0 saturated carbocycles. The number of rotatable bonds is 6. The Morgan fingerprint density at radius 2 is 2.31 bits per heavy atom. The van der Waals surface area contributed by atoms with E-state index < -0.39 is 0 Å². The van der Waals surface area contributed by atoms with Crippen molar-refractivity contribution in [2.24, 2.45) is 11.7 Å². The second kappa shape index (κ2) is 6.86. The van der Waals surface area contributed by atoms with Crippen LogP contribution in [0.1, 0.15) is 33.1 Å². The Bertz CT molecular complexity index is 218. The third kappa shape index (κ3) is 5.47. The molecular weight excluding hydrogens is 202 g/mol. The molecule has 0 aromatic carbocycles. The predicted molar refractivity (Wildman–Crippen MR) is 66.1 cm³/mol. The van der Waals surface area contributed by atoms with E-state index in [1.54, 1.807) is 0 Å². The molecule has 1 heterocycles. The third-order valence-electron chi connectivity index (χ3n) is 3.09. The minimum atomic E-state index is -0.192. The Hall–Kier alpha value is -0.610. The molecule has 0 aromatic rings. The molecule has 1 aliphatic heterocycles. The van der Waals surface area contributed by atoms with E-state index in [9.17, 15) is 4.79 Å². The molecule has 1 amide bonds. The lowest BCUT2D eigenvalue weighted by atomic mass is 9.97. The molecule has 94 valence electrons. The van der Waals surface area contributed by atoms with Crippen molar-refractivity contribution in [1.82, 2.24) is 10.2 Å². The van der Waals surface area contributed by atoms with Gasteiger partial charge in [0.05, 0.1) is 0 Å². The minimum absolute atomic E-state index is 0.192. The van der Waals surface area contributed by atoms with E-state index in [-0.39, 0.29) is 5.91 Å². The number of nitrogens with zero attached hydrogens (tertiary/aromatic N) is 1. The molecule has 0 spiro atoms. The van der Waals surface area contributed by atoms with Gasteiger partial charge in [0.2, 0.25) is 5.91 Å². The van der Waals surface area contributed by atoms with Gasteiger partial charge in [0.1, 0.15) is 0 Å². The van der Waals surface area contributed by atoms with Gasteiger partial charge in [-0.15, -0.1) is 0 Å². The number of hydrogen-bond donors (Lipinski definition) is 2. The molecule has 1 atom stereocenters. The summed E-state index contributed by atoms with van der Waals surface area (Å²) in [5, 5.41) is 3.48. The second-order valence-electron chi connectivity index (χ2n) is 5.09. The number of carbonyl (C=O) groups is 1. The van der Waals surface area contributed by atoms with Crippen LogP contribution in [0.2, 0.25) is 0 Å². The highest BCUT2D eigenvalue weighted by atomic mass is 16.1. The highest BCUT2D eigenvalue weighted by molar-refractivity contribution is 5.73. The fourth-order valence-electron chi connectivity index (χ4n) is 2.19. The largest absolute Gasteiger partial charge is 0.370 e. The molecule has 1 aliphatic rings. The van der Waals surface area contributed by atoms with Crippen LogP contribution < -0.4 is 11.1 Å². The SMILES string of the molecule is CC(C)NCC1CCCN(CCC(N)=O)C1. The Morgan fingerprint density at radius 1 is 1.56 bits per heavy atom. The number of hydrogen-bond acceptors (Lipinski definition) is 3. The summed E-state index contributed by atoms with van der Waals surface area (Å²) in [6, 6.07) is 0.556. The highest BCUT2D eigenvalue weighted by Crippen LogP contribution is 2.15. The summed E-state index contributed by atoms with van der Waals surface area (Å²) in [6.45, 7) is 8.48. The van der Waals surface area contributed by atoms with E-state index in [1.165, 1.54) is 12.8 Å². The average Bonchev–Trinajstić information content (AvgIpc) is 2.24. The van der Waals surface area contributed by atoms with Gasteiger partial charge in [0.15, 0.2) is 0 Å². The van der Waals surface area contributed by atoms with Crippen LogP contribution in [0.4, 0.5) is 0 Å². The molecule has 16 heavy (non-hydrogen) atoms. The molecule has 4 nitrogen and oxygen atoms in total. The van der Waals surface area contributed by atoms with Crippen LogP contribution in [0.25, 0.3) is 0 Å². The molecule has 0 aliphatic carbocycles. The normalized spacial score (nSPS) is 22.6. The van der Waals surface area contributed by atoms with Crippen LogP contribution in [0.3, 0.4) is 0 Å². The van der Waals surface area contributed by atoms with E-state index in [2.05, 4.69) is 24.1 Å². The predicted octanol–water partition coefficient (Wildman–Crippen LogP) is 0.572. The van der Waals surface area contributed by atoms with Crippen molar-refractivity contribution in [2.45, 2.75) is 39.2 Å². The van der Waals surface area contributed by atoms with Crippen LogP contribution in [0.15, 0.2) is 0 Å². The summed E-state index contributed by atoms with van der Waals surface area (Å²) < 4.78 is 0. The monoisotopic (exact) mass is 227 g/mol. The molecule has 4 heteroatoms. The van der Waals surface area contributed by atoms with Crippen LogP contribution in [0, 0.1) is 5.92 Å². The zero-order chi connectivity index (χ0) is 12.0. The summed E-state index contributed by atoms with van der Waals surface area (Å²) >= 11 is 0. The van der Waals surface area contributed by atoms with Crippen molar-refractivity contribution in [3.63, 3.8) is 0 Å². The maximum atomic E-state index is 10.7.